The second kappa shape index (κ2) is 11.5. The fraction of sp³-hybridized carbons (Fsp3) is 0.409. The molecule has 1 aliphatic heterocycles. The van der Waals surface area contributed by atoms with Crippen LogP contribution in [0.25, 0.3) is 0 Å². The number of likely N-dealkylation sites (tertiary alicyclic amines) is 1. The van der Waals surface area contributed by atoms with E-state index in [4.69, 9.17) is 34.8 Å². The maximum absolute atomic E-state index is 12.4. The number of halogens is 3. The van der Waals surface area contributed by atoms with E-state index in [1.54, 1.807) is 11.8 Å². The fourth-order valence-corrected chi connectivity index (χ4v) is 4.66. The van der Waals surface area contributed by atoms with Crippen LogP contribution in [0.3, 0.4) is 0 Å². The van der Waals surface area contributed by atoms with Crippen molar-refractivity contribution >= 4 is 52.5 Å². The number of rotatable bonds is 8. The van der Waals surface area contributed by atoms with Gasteiger partial charge in [-0.1, -0.05) is 53.0 Å². The molecule has 29 heavy (non-hydrogen) atoms. The van der Waals surface area contributed by atoms with Crippen molar-refractivity contribution in [2.45, 2.75) is 25.1 Å². The smallest absolute Gasteiger partial charge is 0.223 e. The molecule has 1 saturated heterocycles. The van der Waals surface area contributed by atoms with Crippen molar-refractivity contribution in [2.24, 2.45) is 5.92 Å². The molecule has 0 aliphatic carbocycles. The molecule has 0 unspecified atom stereocenters. The number of carbonyl (C=O) groups is 1. The minimum absolute atomic E-state index is 0.122. The van der Waals surface area contributed by atoms with Gasteiger partial charge >= 0.3 is 0 Å². The molecule has 0 spiro atoms. The lowest BCUT2D eigenvalue weighted by molar-refractivity contribution is -0.126. The van der Waals surface area contributed by atoms with Crippen LogP contribution in [0.5, 0.6) is 0 Å². The lowest BCUT2D eigenvalue weighted by atomic mass is 9.95. The molecule has 1 amide bonds. The largest absolute Gasteiger partial charge is 0.355 e. The Morgan fingerprint density at radius 1 is 1.00 bits per heavy atom. The predicted octanol–water partition coefficient (Wildman–Crippen LogP) is 5.91. The van der Waals surface area contributed by atoms with Gasteiger partial charge in [0.25, 0.3) is 0 Å². The zero-order chi connectivity index (χ0) is 20.6. The molecule has 0 aromatic heterocycles. The Morgan fingerprint density at radius 2 is 1.69 bits per heavy atom. The van der Waals surface area contributed by atoms with E-state index in [1.807, 2.05) is 30.3 Å². The van der Waals surface area contributed by atoms with Crippen molar-refractivity contribution in [1.29, 1.82) is 0 Å². The molecule has 1 fully saturated rings. The first kappa shape index (κ1) is 22.8. The van der Waals surface area contributed by atoms with E-state index >= 15 is 0 Å². The summed E-state index contributed by atoms with van der Waals surface area (Å²) in [7, 11) is 0. The molecule has 0 bridgehead atoms. The number of thioether (sulfide) groups is 1. The highest BCUT2D eigenvalue weighted by molar-refractivity contribution is 7.98. The zero-order valence-electron chi connectivity index (χ0n) is 16.2. The molecule has 2 aromatic carbocycles. The third kappa shape index (κ3) is 7.37. The van der Waals surface area contributed by atoms with Gasteiger partial charge in [0.1, 0.15) is 0 Å². The number of benzene rings is 2. The van der Waals surface area contributed by atoms with Crippen LogP contribution in [-0.2, 0) is 17.1 Å². The Labute approximate surface area is 192 Å². The van der Waals surface area contributed by atoms with Gasteiger partial charge in [-0.15, -0.1) is 0 Å². The Kier molecular flexibility index (Phi) is 9.01. The molecular weight excluding hydrogens is 447 g/mol. The van der Waals surface area contributed by atoms with E-state index in [9.17, 15) is 4.79 Å². The van der Waals surface area contributed by atoms with Gasteiger partial charge in [0.05, 0.1) is 10.0 Å². The molecule has 0 atom stereocenters. The molecule has 2 aromatic rings. The van der Waals surface area contributed by atoms with Gasteiger partial charge in [0.2, 0.25) is 5.91 Å². The average Bonchev–Trinajstić information content (AvgIpc) is 2.72. The molecule has 7 heteroatoms. The summed E-state index contributed by atoms with van der Waals surface area (Å²) in [6.45, 7) is 3.51. The molecule has 0 radical (unpaired) electrons. The Hall–Kier alpha value is -0.910. The van der Waals surface area contributed by atoms with E-state index in [0.717, 1.165) is 54.6 Å². The Bertz CT molecular complexity index is 808. The molecule has 3 nitrogen and oxygen atoms in total. The summed E-state index contributed by atoms with van der Waals surface area (Å²) in [5.74, 6) is 2.04. The lowest BCUT2D eigenvalue weighted by Crippen LogP contribution is -2.40. The van der Waals surface area contributed by atoms with Gasteiger partial charge in [0.15, 0.2) is 0 Å². The number of nitrogens with one attached hydrogen (secondary N) is 1. The molecular formula is C22H25Cl3N2OS. The second-order valence-electron chi connectivity index (χ2n) is 7.27. The van der Waals surface area contributed by atoms with Crippen molar-refractivity contribution in [3.8, 4) is 0 Å². The van der Waals surface area contributed by atoms with Crippen molar-refractivity contribution in [2.75, 3.05) is 25.4 Å². The topological polar surface area (TPSA) is 32.3 Å². The van der Waals surface area contributed by atoms with Gasteiger partial charge in [-0.3, -0.25) is 9.69 Å². The van der Waals surface area contributed by atoms with Crippen LogP contribution >= 0.6 is 46.6 Å². The highest BCUT2D eigenvalue weighted by atomic mass is 35.5. The average molecular weight is 472 g/mol. The minimum atomic E-state index is 0.122. The molecule has 1 aliphatic rings. The van der Waals surface area contributed by atoms with Crippen molar-refractivity contribution in [1.82, 2.24) is 10.2 Å². The third-order valence-electron chi connectivity index (χ3n) is 5.08. The summed E-state index contributed by atoms with van der Waals surface area (Å²) in [6, 6.07) is 13.7. The van der Waals surface area contributed by atoms with Crippen LogP contribution in [0.15, 0.2) is 42.5 Å². The predicted molar refractivity (Wildman–Crippen MR) is 125 cm³/mol. The second-order valence-corrected chi connectivity index (χ2v) is 9.62. The summed E-state index contributed by atoms with van der Waals surface area (Å²) in [4.78, 5) is 14.8. The first-order chi connectivity index (χ1) is 14.0. The SMILES string of the molecule is O=C(NCCSCc1ccc(Cl)c(Cl)c1)C1CCN(Cc2ccc(Cl)cc2)CC1. The summed E-state index contributed by atoms with van der Waals surface area (Å²) >= 11 is 19.7. The van der Waals surface area contributed by atoms with Crippen molar-refractivity contribution in [3.63, 3.8) is 0 Å². The number of piperidine rings is 1. The molecule has 0 saturated carbocycles. The highest BCUT2D eigenvalue weighted by Crippen LogP contribution is 2.24. The Morgan fingerprint density at radius 3 is 2.38 bits per heavy atom. The van der Waals surface area contributed by atoms with E-state index in [-0.39, 0.29) is 11.8 Å². The summed E-state index contributed by atoms with van der Waals surface area (Å²) in [6.07, 6.45) is 1.83. The number of nitrogens with zero attached hydrogens (tertiary/aromatic N) is 1. The van der Waals surface area contributed by atoms with Gasteiger partial charge in [-0.2, -0.15) is 11.8 Å². The summed E-state index contributed by atoms with van der Waals surface area (Å²) < 4.78 is 0. The van der Waals surface area contributed by atoms with Crippen LogP contribution < -0.4 is 5.32 Å². The number of hydrogen-bond donors (Lipinski definition) is 1. The maximum Gasteiger partial charge on any atom is 0.223 e. The Balaban J connectivity index is 1.30. The zero-order valence-corrected chi connectivity index (χ0v) is 19.3. The number of carbonyl (C=O) groups excluding carboxylic acids is 1. The van der Waals surface area contributed by atoms with E-state index < -0.39 is 0 Å². The van der Waals surface area contributed by atoms with Crippen molar-refractivity contribution < 1.29 is 4.79 Å². The van der Waals surface area contributed by atoms with Crippen LogP contribution in [0.4, 0.5) is 0 Å². The van der Waals surface area contributed by atoms with Crippen LogP contribution in [0, 0.1) is 5.92 Å². The summed E-state index contributed by atoms with van der Waals surface area (Å²) in [5.41, 5.74) is 2.40. The van der Waals surface area contributed by atoms with Crippen LogP contribution in [-0.4, -0.2) is 36.2 Å². The van der Waals surface area contributed by atoms with E-state index in [2.05, 4.69) is 22.3 Å². The van der Waals surface area contributed by atoms with E-state index in [1.165, 1.54) is 5.56 Å². The monoisotopic (exact) mass is 470 g/mol. The lowest BCUT2D eigenvalue weighted by Gasteiger charge is -2.31. The molecule has 156 valence electrons. The maximum atomic E-state index is 12.4. The van der Waals surface area contributed by atoms with Crippen molar-refractivity contribution in [3.05, 3.63) is 68.7 Å². The van der Waals surface area contributed by atoms with E-state index in [0.29, 0.717) is 16.6 Å². The molecule has 1 heterocycles. The van der Waals surface area contributed by atoms with Gasteiger partial charge < -0.3 is 5.32 Å². The normalized spacial score (nSPS) is 15.4. The third-order valence-corrected chi connectivity index (χ3v) is 7.10. The number of hydrogen-bond acceptors (Lipinski definition) is 3. The molecule has 3 rings (SSSR count). The molecule has 1 N–H and O–H groups in total. The van der Waals surface area contributed by atoms with Gasteiger partial charge in [-0.25, -0.2) is 0 Å². The highest BCUT2D eigenvalue weighted by Gasteiger charge is 2.24. The number of amides is 1. The quantitative estimate of drug-likeness (QED) is 0.486. The fourth-order valence-electron chi connectivity index (χ4n) is 3.41. The summed E-state index contributed by atoms with van der Waals surface area (Å²) in [5, 5.41) is 5.01. The first-order valence-corrected chi connectivity index (χ1v) is 12.1. The van der Waals surface area contributed by atoms with Gasteiger partial charge in [0, 0.05) is 35.5 Å². The van der Waals surface area contributed by atoms with Crippen LogP contribution in [0.2, 0.25) is 15.1 Å². The minimum Gasteiger partial charge on any atom is -0.355 e. The van der Waals surface area contributed by atoms with Crippen LogP contribution in [0.1, 0.15) is 24.0 Å². The van der Waals surface area contributed by atoms with Gasteiger partial charge in [-0.05, 0) is 61.3 Å². The standard InChI is InChI=1S/C22H25Cl3N2OS/c23-19-4-1-16(2-5-19)14-27-10-7-18(8-11-27)22(28)26-9-12-29-15-17-3-6-20(24)21(25)13-17/h1-6,13,18H,7-12,14-15H2,(H,26,28). The first-order valence-electron chi connectivity index (χ1n) is 9.77.